The molecule has 5 aromatic rings. The van der Waals surface area contributed by atoms with Crippen LogP contribution in [0.3, 0.4) is 0 Å². The van der Waals surface area contributed by atoms with E-state index >= 15 is 4.39 Å². The van der Waals surface area contributed by atoms with Gasteiger partial charge in [0, 0.05) is 72.9 Å². The predicted octanol–water partition coefficient (Wildman–Crippen LogP) is 6.13. The van der Waals surface area contributed by atoms with Crippen molar-refractivity contribution in [3.05, 3.63) is 120 Å². The topological polar surface area (TPSA) is 244 Å². The fourth-order valence-electron chi connectivity index (χ4n) is 12.5. The van der Waals surface area contributed by atoms with Gasteiger partial charge in [-0.3, -0.25) is 24.3 Å². The van der Waals surface area contributed by atoms with Gasteiger partial charge in [0.1, 0.15) is 29.5 Å². The van der Waals surface area contributed by atoms with Crippen LogP contribution in [0.5, 0.6) is 11.5 Å². The lowest BCUT2D eigenvalue weighted by atomic mass is 9.50. The zero-order chi connectivity index (χ0) is 48.9. The summed E-state index contributed by atoms with van der Waals surface area (Å²) in [5.41, 5.74) is 9.57. The number of amides is 2. The number of ether oxygens (including phenoxy) is 2. The number of aliphatic hydroxyl groups is 1. The smallest absolute Gasteiger partial charge is 0.507 e. The largest absolute Gasteiger partial charge is 0.524 e. The highest BCUT2D eigenvalue weighted by molar-refractivity contribution is 7.46. The summed E-state index contributed by atoms with van der Waals surface area (Å²) in [5.74, 6) is -2.77. The number of carbonyl (C=O) groups excluding carboxylic acids is 3. The number of aromatic hydroxyl groups is 1. The van der Waals surface area contributed by atoms with E-state index in [1.807, 2.05) is 12.1 Å². The molecule has 360 valence electrons. The third-order valence-electron chi connectivity index (χ3n) is 15.8. The molecule has 69 heavy (non-hydrogen) atoms. The van der Waals surface area contributed by atoms with Crippen molar-refractivity contribution < 1.29 is 57.3 Å². The zero-order valence-electron chi connectivity index (χ0n) is 38.4. The molecule has 3 aromatic carbocycles. The van der Waals surface area contributed by atoms with E-state index in [4.69, 9.17) is 24.7 Å². The van der Waals surface area contributed by atoms with E-state index < -0.39 is 54.1 Å². The van der Waals surface area contributed by atoms with Crippen LogP contribution in [-0.4, -0.2) is 70.4 Å². The van der Waals surface area contributed by atoms with Crippen LogP contribution in [0, 0.1) is 24.1 Å². The van der Waals surface area contributed by atoms with Crippen molar-refractivity contribution in [2.45, 2.75) is 110 Å². The molecule has 17 nitrogen and oxygen atoms in total. The van der Waals surface area contributed by atoms with E-state index in [0.29, 0.717) is 89.9 Å². The van der Waals surface area contributed by atoms with Crippen molar-refractivity contribution in [3.63, 3.8) is 0 Å². The molecule has 0 radical (unpaired) electrons. The van der Waals surface area contributed by atoms with Gasteiger partial charge in [0.15, 0.2) is 5.60 Å². The van der Waals surface area contributed by atoms with Gasteiger partial charge >= 0.3 is 19.9 Å². The van der Waals surface area contributed by atoms with E-state index in [0.717, 1.165) is 41.4 Å². The van der Waals surface area contributed by atoms with Crippen LogP contribution in [0.4, 0.5) is 9.18 Å². The second kappa shape index (κ2) is 15.4. The third-order valence-corrected chi connectivity index (χ3v) is 16.2. The number of phenols is 1. The van der Waals surface area contributed by atoms with Crippen molar-refractivity contribution in [3.8, 4) is 22.9 Å². The number of cyclic esters (lactones) is 1. The molecule has 2 atom stereocenters. The molecular weight excluding hydrogens is 913 g/mol. The van der Waals surface area contributed by atoms with Gasteiger partial charge in [-0.15, -0.1) is 0 Å². The number of nitrogens with two attached hydrogens (primary N) is 1. The van der Waals surface area contributed by atoms with Gasteiger partial charge in [-0.25, -0.2) is 23.5 Å². The molecule has 2 aliphatic carbocycles. The van der Waals surface area contributed by atoms with E-state index in [1.54, 1.807) is 38.7 Å². The summed E-state index contributed by atoms with van der Waals surface area (Å²) in [5, 5.41) is 23.0. The Bertz CT molecular complexity index is 3250. The number of rotatable bonds is 9. The molecule has 0 bridgehead atoms. The molecule has 1 saturated heterocycles. The summed E-state index contributed by atoms with van der Waals surface area (Å²) in [6, 6.07) is 11.6. The summed E-state index contributed by atoms with van der Waals surface area (Å²) in [6.07, 6.45) is 1.20. The van der Waals surface area contributed by atoms with Crippen LogP contribution in [-0.2, 0) is 69.2 Å². The Kier molecular flexibility index (Phi) is 10.1. The molecule has 1 spiro atoms. The van der Waals surface area contributed by atoms with Crippen molar-refractivity contribution >= 4 is 36.7 Å². The number of phenolic OH excluding ortho intramolecular Hbond substituents is 1. The quantitative estimate of drug-likeness (QED) is 0.0809. The standard InChI is InChI=1S/C50H51FN5O12P/c1-5-49(62)35-12-38-43-33(20-56(38)45(59)34(35)21-66-46(49)60)42-41-30(25(4)36(51)13-37(41)53-43)8-9-50(42,67-47(52)61)29-15-48(16-29)22-54(23-48)17-26-6-7-27-18-55(19-28(27)10-26)44(58)32-11-31(24(2)3)40(14-39(32)57)68-69(63,64)65/h6-7,10-14,24,29,57,62H,5,8-9,15-23H2,1-4H3,(H2,52,61)(H2,63,64,65)/t49-,50-/m0/s1. The van der Waals surface area contributed by atoms with E-state index in [9.17, 15) is 43.7 Å². The van der Waals surface area contributed by atoms with Crippen molar-refractivity contribution in [1.29, 1.82) is 0 Å². The van der Waals surface area contributed by atoms with E-state index in [-0.39, 0.29) is 59.3 Å². The van der Waals surface area contributed by atoms with Crippen LogP contribution in [0.15, 0.2) is 47.3 Å². The molecule has 2 amide bonds. The van der Waals surface area contributed by atoms with Gasteiger partial charge in [0.05, 0.1) is 34.6 Å². The molecule has 2 aromatic heterocycles. The number of benzene rings is 3. The number of pyridine rings is 2. The van der Waals surface area contributed by atoms with Crippen LogP contribution in [0.25, 0.3) is 22.3 Å². The molecule has 0 unspecified atom stereocenters. The Morgan fingerprint density at radius 3 is 2.46 bits per heavy atom. The first-order valence-electron chi connectivity index (χ1n) is 23.2. The number of halogens is 1. The van der Waals surface area contributed by atoms with Crippen molar-refractivity contribution in [2.24, 2.45) is 17.1 Å². The molecule has 6 N–H and O–H groups in total. The average Bonchev–Trinajstić information content (AvgIpc) is 3.85. The van der Waals surface area contributed by atoms with Crippen LogP contribution < -0.4 is 15.8 Å². The van der Waals surface area contributed by atoms with Gasteiger partial charge in [-0.2, -0.15) is 0 Å². The van der Waals surface area contributed by atoms with Crippen LogP contribution in [0.2, 0.25) is 0 Å². The minimum absolute atomic E-state index is 0.00973. The highest BCUT2D eigenvalue weighted by Crippen LogP contribution is 2.63. The summed E-state index contributed by atoms with van der Waals surface area (Å²) in [7, 11) is -4.91. The second-order valence-corrected chi connectivity index (χ2v) is 21.4. The lowest BCUT2D eigenvalue weighted by Gasteiger charge is -2.63. The van der Waals surface area contributed by atoms with Gasteiger partial charge < -0.3 is 39.4 Å². The number of carbonyl (C=O) groups is 3. The molecule has 1 saturated carbocycles. The monoisotopic (exact) mass is 963 g/mol. The number of aromatic nitrogens is 2. The Labute approximate surface area is 394 Å². The number of nitrogens with zero attached hydrogens (tertiary/aromatic N) is 4. The molecule has 6 heterocycles. The Morgan fingerprint density at radius 2 is 1.77 bits per heavy atom. The number of primary amides is 1. The molecule has 19 heteroatoms. The van der Waals surface area contributed by atoms with Gasteiger partial charge in [0.2, 0.25) is 0 Å². The minimum Gasteiger partial charge on any atom is -0.507 e. The fraction of sp³-hybridized carbons (Fsp3) is 0.420. The van der Waals surface area contributed by atoms with E-state index in [1.165, 1.54) is 16.7 Å². The summed E-state index contributed by atoms with van der Waals surface area (Å²) >= 11 is 0. The molecular formula is C50H51FN5O12P. The number of aryl methyl sites for hydroxylation is 1. The Morgan fingerprint density at radius 1 is 1.03 bits per heavy atom. The summed E-state index contributed by atoms with van der Waals surface area (Å²) in [4.78, 5) is 81.8. The van der Waals surface area contributed by atoms with Crippen LogP contribution >= 0.6 is 7.82 Å². The summed E-state index contributed by atoms with van der Waals surface area (Å²) < 4.78 is 45.3. The molecule has 2 fully saturated rings. The predicted molar refractivity (Wildman–Crippen MR) is 245 cm³/mol. The van der Waals surface area contributed by atoms with Crippen molar-refractivity contribution in [2.75, 3.05) is 13.1 Å². The number of hydrogen-bond acceptors (Lipinski definition) is 12. The van der Waals surface area contributed by atoms with Crippen molar-refractivity contribution in [1.82, 2.24) is 19.4 Å². The maximum atomic E-state index is 15.7. The molecule has 4 aliphatic heterocycles. The molecule has 11 rings (SSSR count). The Hall–Kier alpha value is -6.17. The number of hydrogen-bond donors (Lipinski definition) is 5. The van der Waals surface area contributed by atoms with Gasteiger partial charge in [-0.05, 0) is 95.9 Å². The first-order valence-corrected chi connectivity index (χ1v) is 24.7. The number of likely N-dealkylation sites (tertiary alicyclic amines) is 1. The summed E-state index contributed by atoms with van der Waals surface area (Å²) in [6.45, 7) is 9.57. The van der Waals surface area contributed by atoms with E-state index in [2.05, 4.69) is 11.0 Å². The first-order chi connectivity index (χ1) is 32.6. The SMILES string of the molecule is CC[C@@]1(O)C(=O)OCc2c1cc1n(c2=O)Cc2c-1nc1cc(F)c(C)c3c1c2[C@@](OC(N)=O)(C1CC2(C1)CN(Cc1ccc4c(c1)CN(C(=O)c1cc(C(C)C)c(OP(=O)(O)O)cc1O)C4)C2)CC3. The second-order valence-electron chi connectivity index (χ2n) is 20.2. The number of phosphoric acid groups is 1. The minimum atomic E-state index is -4.91. The highest BCUT2D eigenvalue weighted by Gasteiger charge is 2.62. The lowest BCUT2D eigenvalue weighted by molar-refractivity contribution is -0.172. The third kappa shape index (κ3) is 6.92. The maximum Gasteiger partial charge on any atom is 0.524 e. The van der Waals surface area contributed by atoms with Gasteiger partial charge in [-0.1, -0.05) is 39.0 Å². The number of esters is 1. The normalized spacial score (nSPS) is 22.2. The first kappa shape index (κ1) is 45.3. The van der Waals surface area contributed by atoms with Gasteiger partial charge in [0.25, 0.3) is 11.5 Å². The Balaban J connectivity index is 0.844. The number of phosphoric ester groups is 1. The lowest BCUT2D eigenvalue weighted by Crippen LogP contribution is -2.65. The van der Waals surface area contributed by atoms with Crippen LogP contribution in [0.1, 0.15) is 118 Å². The maximum absolute atomic E-state index is 15.7. The molecule has 6 aliphatic rings. The highest BCUT2D eigenvalue weighted by atomic mass is 31.2. The number of fused-ring (bicyclic) bond motifs is 6. The average molecular weight is 964 g/mol. The fourth-order valence-corrected chi connectivity index (χ4v) is 12.9. The zero-order valence-corrected chi connectivity index (χ0v) is 39.3.